The summed E-state index contributed by atoms with van der Waals surface area (Å²) in [5.74, 6) is 0.0281. The van der Waals surface area contributed by atoms with Gasteiger partial charge in [0.1, 0.15) is 6.04 Å². The number of hydrogen-bond acceptors (Lipinski definition) is 2. The van der Waals surface area contributed by atoms with E-state index >= 15 is 0 Å². The van der Waals surface area contributed by atoms with Gasteiger partial charge in [-0.05, 0) is 24.1 Å². The molecule has 0 aliphatic carbocycles. The van der Waals surface area contributed by atoms with Gasteiger partial charge < -0.3 is 10.2 Å². The van der Waals surface area contributed by atoms with Gasteiger partial charge in [0.2, 0.25) is 5.91 Å². The SMILES string of the molecule is CC(=O)N[C@@H]1C(=O)N(CC(C)C)c2ccc(Cl)cc21. The molecule has 0 bridgehead atoms. The highest BCUT2D eigenvalue weighted by Gasteiger charge is 2.37. The summed E-state index contributed by atoms with van der Waals surface area (Å²) in [7, 11) is 0. The molecule has 0 spiro atoms. The fraction of sp³-hybridized carbons (Fsp3) is 0.429. The molecular formula is C14H17ClN2O2. The molecule has 1 aromatic carbocycles. The molecule has 4 nitrogen and oxygen atoms in total. The maximum Gasteiger partial charge on any atom is 0.254 e. The number of nitrogens with zero attached hydrogens (tertiary/aromatic N) is 1. The van der Waals surface area contributed by atoms with E-state index in [1.165, 1.54) is 6.92 Å². The summed E-state index contributed by atoms with van der Waals surface area (Å²) < 4.78 is 0. The highest BCUT2D eigenvalue weighted by atomic mass is 35.5. The summed E-state index contributed by atoms with van der Waals surface area (Å²) in [4.78, 5) is 25.4. The summed E-state index contributed by atoms with van der Waals surface area (Å²) in [5, 5.41) is 3.25. The first kappa shape index (κ1) is 13.9. The molecule has 0 radical (unpaired) electrons. The smallest absolute Gasteiger partial charge is 0.254 e. The predicted molar refractivity (Wildman–Crippen MR) is 75.2 cm³/mol. The van der Waals surface area contributed by atoms with Crippen LogP contribution in [0.5, 0.6) is 0 Å². The lowest BCUT2D eigenvalue weighted by Crippen LogP contribution is -2.38. The minimum absolute atomic E-state index is 0.0961. The van der Waals surface area contributed by atoms with Crippen LogP contribution in [0, 0.1) is 5.92 Å². The molecule has 5 heteroatoms. The highest BCUT2D eigenvalue weighted by Crippen LogP contribution is 2.37. The molecule has 0 unspecified atom stereocenters. The Morgan fingerprint density at radius 2 is 2.16 bits per heavy atom. The Morgan fingerprint density at radius 1 is 1.47 bits per heavy atom. The van der Waals surface area contributed by atoms with Gasteiger partial charge in [0.15, 0.2) is 0 Å². The Balaban J connectivity index is 2.42. The third-order valence-electron chi connectivity index (χ3n) is 3.00. The highest BCUT2D eigenvalue weighted by molar-refractivity contribution is 6.31. The number of benzene rings is 1. The zero-order chi connectivity index (χ0) is 14.2. The van der Waals surface area contributed by atoms with Gasteiger partial charge >= 0.3 is 0 Å². The van der Waals surface area contributed by atoms with Gasteiger partial charge in [-0.1, -0.05) is 25.4 Å². The third-order valence-corrected chi connectivity index (χ3v) is 3.23. The molecule has 0 fully saturated rings. The Kier molecular flexibility index (Phi) is 3.80. The average molecular weight is 281 g/mol. The molecule has 1 N–H and O–H groups in total. The van der Waals surface area contributed by atoms with Crippen molar-refractivity contribution in [3.63, 3.8) is 0 Å². The van der Waals surface area contributed by atoms with Crippen molar-refractivity contribution in [3.05, 3.63) is 28.8 Å². The molecule has 2 rings (SSSR count). The summed E-state index contributed by atoms with van der Waals surface area (Å²) in [5.41, 5.74) is 1.61. The van der Waals surface area contributed by atoms with Crippen LogP contribution in [0.4, 0.5) is 5.69 Å². The van der Waals surface area contributed by atoms with Crippen molar-refractivity contribution in [3.8, 4) is 0 Å². The number of anilines is 1. The summed E-state index contributed by atoms with van der Waals surface area (Å²) in [6.45, 7) is 6.13. The number of rotatable bonds is 3. The largest absolute Gasteiger partial charge is 0.341 e. The Bertz CT molecular complexity index is 528. The molecule has 1 heterocycles. The number of halogens is 1. The minimum atomic E-state index is -0.620. The zero-order valence-electron chi connectivity index (χ0n) is 11.2. The molecule has 102 valence electrons. The topological polar surface area (TPSA) is 49.4 Å². The van der Waals surface area contributed by atoms with Gasteiger partial charge in [-0.3, -0.25) is 9.59 Å². The van der Waals surface area contributed by atoms with E-state index in [9.17, 15) is 9.59 Å². The first-order chi connectivity index (χ1) is 8.90. The van der Waals surface area contributed by atoms with E-state index in [1.54, 1.807) is 17.0 Å². The molecule has 1 aliphatic rings. The van der Waals surface area contributed by atoms with Gasteiger partial charge in [-0.15, -0.1) is 0 Å². The minimum Gasteiger partial charge on any atom is -0.341 e. The Morgan fingerprint density at radius 3 is 2.74 bits per heavy atom. The van der Waals surface area contributed by atoms with E-state index in [-0.39, 0.29) is 11.8 Å². The second-order valence-corrected chi connectivity index (χ2v) is 5.62. The molecule has 0 saturated carbocycles. The van der Waals surface area contributed by atoms with Crippen molar-refractivity contribution >= 4 is 29.1 Å². The van der Waals surface area contributed by atoms with Crippen LogP contribution in [0.15, 0.2) is 18.2 Å². The van der Waals surface area contributed by atoms with Gasteiger partial charge in [-0.25, -0.2) is 0 Å². The van der Waals surface area contributed by atoms with E-state index in [1.807, 2.05) is 6.07 Å². The number of nitrogens with one attached hydrogen (secondary N) is 1. The maximum atomic E-state index is 12.4. The summed E-state index contributed by atoms with van der Waals surface area (Å²) in [6.07, 6.45) is 0. The van der Waals surface area contributed by atoms with Gasteiger partial charge in [0.25, 0.3) is 5.91 Å². The lowest BCUT2D eigenvalue weighted by atomic mass is 10.1. The molecule has 2 amide bonds. The van der Waals surface area contributed by atoms with Crippen LogP contribution in [0.25, 0.3) is 0 Å². The van der Waals surface area contributed by atoms with Gasteiger partial charge in [0, 0.05) is 29.7 Å². The quantitative estimate of drug-likeness (QED) is 0.925. The van der Waals surface area contributed by atoms with Crippen LogP contribution in [-0.2, 0) is 9.59 Å². The van der Waals surface area contributed by atoms with Crippen molar-refractivity contribution in [2.24, 2.45) is 5.92 Å². The van der Waals surface area contributed by atoms with E-state index < -0.39 is 6.04 Å². The normalized spacial score (nSPS) is 17.8. The van der Waals surface area contributed by atoms with Crippen LogP contribution in [-0.4, -0.2) is 18.4 Å². The number of carbonyl (C=O) groups is 2. The van der Waals surface area contributed by atoms with Crippen LogP contribution < -0.4 is 10.2 Å². The monoisotopic (exact) mass is 280 g/mol. The lowest BCUT2D eigenvalue weighted by Gasteiger charge is -2.20. The van der Waals surface area contributed by atoms with Crippen LogP contribution in [0.2, 0.25) is 5.02 Å². The van der Waals surface area contributed by atoms with Crippen LogP contribution >= 0.6 is 11.6 Å². The molecule has 1 aliphatic heterocycles. The molecule has 0 aromatic heterocycles. The second-order valence-electron chi connectivity index (χ2n) is 5.18. The summed E-state index contributed by atoms with van der Waals surface area (Å²) >= 11 is 5.98. The van der Waals surface area contributed by atoms with E-state index in [0.717, 1.165) is 11.3 Å². The maximum absolute atomic E-state index is 12.4. The molecule has 1 aromatic rings. The lowest BCUT2D eigenvalue weighted by molar-refractivity contribution is -0.126. The van der Waals surface area contributed by atoms with Crippen LogP contribution in [0.1, 0.15) is 32.4 Å². The van der Waals surface area contributed by atoms with Crippen molar-refractivity contribution in [1.29, 1.82) is 0 Å². The number of hydrogen-bond donors (Lipinski definition) is 1. The van der Waals surface area contributed by atoms with Crippen molar-refractivity contribution in [1.82, 2.24) is 5.32 Å². The number of fused-ring (bicyclic) bond motifs is 1. The van der Waals surface area contributed by atoms with Crippen molar-refractivity contribution < 1.29 is 9.59 Å². The van der Waals surface area contributed by atoms with E-state index in [2.05, 4.69) is 19.2 Å². The standard InChI is InChI=1S/C14H17ClN2O2/c1-8(2)7-17-12-5-4-10(15)6-11(12)13(14(17)19)16-9(3)18/h4-6,8,13H,7H2,1-3H3,(H,16,18)/t13-/m0/s1. The van der Waals surface area contributed by atoms with Crippen molar-refractivity contribution in [2.45, 2.75) is 26.8 Å². The van der Waals surface area contributed by atoms with E-state index in [0.29, 0.717) is 17.5 Å². The van der Waals surface area contributed by atoms with E-state index in [4.69, 9.17) is 11.6 Å². The number of amides is 2. The fourth-order valence-corrected chi connectivity index (χ4v) is 2.49. The van der Waals surface area contributed by atoms with Crippen molar-refractivity contribution in [2.75, 3.05) is 11.4 Å². The molecule has 0 saturated heterocycles. The molecule has 19 heavy (non-hydrogen) atoms. The molecular weight excluding hydrogens is 264 g/mol. The average Bonchev–Trinajstić information content (AvgIpc) is 2.53. The first-order valence-corrected chi connectivity index (χ1v) is 6.66. The van der Waals surface area contributed by atoms with Crippen LogP contribution in [0.3, 0.4) is 0 Å². The Hall–Kier alpha value is -1.55. The Labute approximate surface area is 117 Å². The summed E-state index contributed by atoms with van der Waals surface area (Å²) in [6, 6.07) is 4.72. The zero-order valence-corrected chi connectivity index (χ0v) is 12.0. The van der Waals surface area contributed by atoms with Gasteiger partial charge in [0.05, 0.1) is 0 Å². The number of carbonyl (C=O) groups excluding carboxylic acids is 2. The third kappa shape index (κ3) is 2.73. The van der Waals surface area contributed by atoms with Gasteiger partial charge in [-0.2, -0.15) is 0 Å². The second kappa shape index (κ2) is 5.21. The molecule has 1 atom stereocenters. The first-order valence-electron chi connectivity index (χ1n) is 6.28. The fourth-order valence-electron chi connectivity index (χ4n) is 2.31. The predicted octanol–water partition coefficient (Wildman–Crippen LogP) is 2.52.